The van der Waals surface area contributed by atoms with Gasteiger partial charge in [-0.1, -0.05) is 22.0 Å². The number of hydrogen-bond acceptors (Lipinski definition) is 4. The fourth-order valence-corrected chi connectivity index (χ4v) is 3.00. The summed E-state index contributed by atoms with van der Waals surface area (Å²) in [7, 11) is 1.78. The Labute approximate surface area is 121 Å². The van der Waals surface area contributed by atoms with Gasteiger partial charge in [-0.05, 0) is 38.6 Å². The van der Waals surface area contributed by atoms with Gasteiger partial charge in [0.1, 0.15) is 6.04 Å². The van der Waals surface area contributed by atoms with Crippen molar-refractivity contribution in [3.05, 3.63) is 28.7 Å². The van der Waals surface area contributed by atoms with Crippen LogP contribution < -0.4 is 5.32 Å². The van der Waals surface area contributed by atoms with Gasteiger partial charge in [0.25, 0.3) is 0 Å². The molecule has 0 spiro atoms. The molecule has 0 heterocycles. The van der Waals surface area contributed by atoms with Crippen LogP contribution in [0.4, 0.5) is 0 Å². The van der Waals surface area contributed by atoms with Gasteiger partial charge in [-0.3, -0.25) is 4.79 Å². The van der Waals surface area contributed by atoms with Crippen LogP contribution in [0.2, 0.25) is 0 Å². The predicted octanol–water partition coefficient (Wildman–Crippen LogP) is 3.08. The minimum atomic E-state index is -0.218. The second kappa shape index (κ2) is 8.56. The van der Waals surface area contributed by atoms with Crippen LogP contribution >= 0.6 is 27.7 Å². The van der Waals surface area contributed by atoms with Crippen molar-refractivity contribution in [1.29, 1.82) is 0 Å². The molecule has 0 aromatic heterocycles. The summed E-state index contributed by atoms with van der Waals surface area (Å²) in [4.78, 5) is 12.8. The van der Waals surface area contributed by atoms with E-state index < -0.39 is 0 Å². The molecule has 0 aliphatic carbocycles. The van der Waals surface area contributed by atoms with E-state index in [1.165, 1.54) is 4.90 Å². The first-order chi connectivity index (χ1) is 8.67. The SMILES string of the molecule is CCOC(=O)C(CCSc1cccc(Br)c1)NC. The highest BCUT2D eigenvalue weighted by Gasteiger charge is 2.16. The largest absolute Gasteiger partial charge is 0.465 e. The number of benzene rings is 1. The zero-order valence-electron chi connectivity index (χ0n) is 10.6. The fourth-order valence-electron chi connectivity index (χ4n) is 1.47. The average Bonchev–Trinajstić information content (AvgIpc) is 2.35. The van der Waals surface area contributed by atoms with Gasteiger partial charge < -0.3 is 10.1 Å². The normalized spacial score (nSPS) is 12.2. The summed E-state index contributed by atoms with van der Waals surface area (Å²) in [5.74, 6) is 0.704. The molecule has 0 fully saturated rings. The number of hydrogen-bond donors (Lipinski definition) is 1. The molecule has 1 N–H and O–H groups in total. The van der Waals surface area contributed by atoms with Gasteiger partial charge in [-0.15, -0.1) is 11.8 Å². The lowest BCUT2D eigenvalue weighted by molar-refractivity contribution is -0.145. The van der Waals surface area contributed by atoms with E-state index in [1.807, 2.05) is 19.1 Å². The summed E-state index contributed by atoms with van der Waals surface area (Å²) < 4.78 is 6.07. The number of ether oxygens (including phenoxy) is 1. The van der Waals surface area contributed by atoms with E-state index in [0.717, 1.165) is 16.6 Å². The van der Waals surface area contributed by atoms with E-state index in [0.29, 0.717) is 6.61 Å². The first-order valence-electron chi connectivity index (χ1n) is 5.89. The molecule has 0 radical (unpaired) electrons. The third-order valence-corrected chi connectivity index (χ3v) is 3.91. The van der Waals surface area contributed by atoms with Crippen LogP contribution in [-0.4, -0.2) is 31.4 Å². The summed E-state index contributed by atoms with van der Waals surface area (Å²) in [5.41, 5.74) is 0. The van der Waals surface area contributed by atoms with Crippen molar-refractivity contribution in [3.63, 3.8) is 0 Å². The Kier molecular flexibility index (Phi) is 7.39. The average molecular weight is 332 g/mol. The molecule has 1 aromatic carbocycles. The molecule has 100 valence electrons. The van der Waals surface area contributed by atoms with E-state index >= 15 is 0 Å². The van der Waals surface area contributed by atoms with Crippen molar-refractivity contribution in [2.45, 2.75) is 24.3 Å². The number of carbonyl (C=O) groups excluding carboxylic acids is 1. The first-order valence-corrected chi connectivity index (χ1v) is 7.67. The maximum atomic E-state index is 11.6. The smallest absolute Gasteiger partial charge is 0.323 e. The molecule has 18 heavy (non-hydrogen) atoms. The van der Waals surface area contributed by atoms with E-state index in [4.69, 9.17) is 4.74 Å². The number of carbonyl (C=O) groups is 1. The topological polar surface area (TPSA) is 38.3 Å². The Bertz CT molecular complexity index is 387. The standard InChI is InChI=1S/C13H18BrNO2S/c1-3-17-13(16)12(15-2)7-8-18-11-6-4-5-10(14)9-11/h4-6,9,12,15H,3,7-8H2,1-2H3. The Hall–Kier alpha value is -0.520. The number of esters is 1. The minimum Gasteiger partial charge on any atom is -0.465 e. The molecule has 1 atom stereocenters. The van der Waals surface area contributed by atoms with E-state index in [1.54, 1.807) is 18.8 Å². The van der Waals surface area contributed by atoms with E-state index in [-0.39, 0.29) is 12.0 Å². The highest BCUT2D eigenvalue weighted by molar-refractivity contribution is 9.10. The highest BCUT2D eigenvalue weighted by Crippen LogP contribution is 2.22. The fraction of sp³-hybridized carbons (Fsp3) is 0.462. The number of thioether (sulfide) groups is 1. The Morgan fingerprint density at radius 3 is 2.94 bits per heavy atom. The molecule has 0 saturated heterocycles. The van der Waals surface area contributed by atoms with Crippen molar-refractivity contribution in [2.75, 3.05) is 19.4 Å². The van der Waals surface area contributed by atoms with Crippen LogP contribution in [0.25, 0.3) is 0 Å². The van der Waals surface area contributed by atoms with Crippen molar-refractivity contribution in [1.82, 2.24) is 5.32 Å². The zero-order valence-corrected chi connectivity index (χ0v) is 13.0. The van der Waals surface area contributed by atoms with Crippen LogP contribution in [0.15, 0.2) is 33.6 Å². The zero-order chi connectivity index (χ0) is 13.4. The molecule has 1 aromatic rings. The molecule has 1 unspecified atom stereocenters. The van der Waals surface area contributed by atoms with E-state index in [2.05, 4.69) is 33.4 Å². The number of nitrogens with one attached hydrogen (secondary N) is 1. The maximum absolute atomic E-state index is 11.6. The van der Waals surface area contributed by atoms with Crippen molar-refractivity contribution >= 4 is 33.7 Å². The summed E-state index contributed by atoms with van der Waals surface area (Å²) >= 11 is 5.18. The first kappa shape index (κ1) is 15.5. The molecule has 1 rings (SSSR count). The third-order valence-electron chi connectivity index (χ3n) is 2.39. The summed E-state index contributed by atoms with van der Waals surface area (Å²) in [6.45, 7) is 2.25. The predicted molar refractivity (Wildman–Crippen MR) is 79.0 cm³/mol. The highest BCUT2D eigenvalue weighted by atomic mass is 79.9. The third kappa shape index (κ3) is 5.42. The van der Waals surface area contributed by atoms with Gasteiger partial charge in [0.15, 0.2) is 0 Å². The van der Waals surface area contributed by atoms with Crippen LogP contribution in [0.1, 0.15) is 13.3 Å². The Morgan fingerprint density at radius 2 is 2.33 bits per heavy atom. The summed E-state index contributed by atoms with van der Waals surface area (Å²) in [6, 6.07) is 7.92. The quantitative estimate of drug-likeness (QED) is 0.615. The second-order valence-electron chi connectivity index (χ2n) is 3.69. The van der Waals surface area contributed by atoms with Crippen LogP contribution in [-0.2, 0) is 9.53 Å². The van der Waals surface area contributed by atoms with Crippen LogP contribution in [0.5, 0.6) is 0 Å². The molecule has 5 heteroatoms. The molecule has 3 nitrogen and oxygen atoms in total. The maximum Gasteiger partial charge on any atom is 0.323 e. The van der Waals surface area contributed by atoms with Gasteiger partial charge in [0, 0.05) is 15.1 Å². The molecule has 0 amide bonds. The van der Waals surface area contributed by atoms with Gasteiger partial charge in [0.05, 0.1) is 6.61 Å². The summed E-state index contributed by atoms with van der Waals surface area (Å²) in [5, 5.41) is 2.99. The van der Waals surface area contributed by atoms with Crippen LogP contribution in [0.3, 0.4) is 0 Å². The minimum absolute atomic E-state index is 0.171. The van der Waals surface area contributed by atoms with Crippen molar-refractivity contribution in [3.8, 4) is 0 Å². The van der Waals surface area contributed by atoms with Gasteiger partial charge in [-0.25, -0.2) is 0 Å². The van der Waals surface area contributed by atoms with Gasteiger partial charge in [-0.2, -0.15) is 0 Å². The number of likely N-dealkylation sites (N-methyl/N-ethyl adjacent to an activating group) is 1. The number of halogens is 1. The second-order valence-corrected chi connectivity index (χ2v) is 5.77. The molecular formula is C13H18BrNO2S. The van der Waals surface area contributed by atoms with Gasteiger partial charge in [0.2, 0.25) is 0 Å². The van der Waals surface area contributed by atoms with E-state index in [9.17, 15) is 4.79 Å². The van der Waals surface area contributed by atoms with Crippen molar-refractivity contribution in [2.24, 2.45) is 0 Å². The van der Waals surface area contributed by atoms with Crippen LogP contribution in [0, 0.1) is 0 Å². The Morgan fingerprint density at radius 1 is 1.56 bits per heavy atom. The number of rotatable bonds is 7. The molecule has 0 saturated carbocycles. The lowest BCUT2D eigenvalue weighted by atomic mass is 10.2. The van der Waals surface area contributed by atoms with Crippen molar-refractivity contribution < 1.29 is 9.53 Å². The molecule has 0 bridgehead atoms. The Balaban J connectivity index is 2.37. The molecular weight excluding hydrogens is 314 g/mol. The van der Waals surface area contributed by atoms with Gasteiger partial charge >= 0.3 is 5.97 Å². The molecule has 0 aliphatic heterocycles. The summed E-state index contributed by atoms with van der Waals surface area (Å²) in [6.07, 6.45) is 0.756. The monoisotopic (exact) mass is 331 g/mol. The molecule has 0 aliphatic rings. The lowest BCUT2D eigenvalue weighted by Gasteiger charge is -2.14. The lowest BCUT2D eigenvalue weighted by Crippen LogP contribution is -2.36.